The number of alkyl halides is 1. The van der Waals surface area contributed by atoms with E-state index in [1.54, 1.807) is 0 Å². The SMILES string of the molecule is CC(C)(C)N(C(=O)O)C1CCN(C2CCN(C3CC3)CC2)CC1F. The summed E-state index contributed by atoms with van der Waals surface area (Å²) in [6, 6.07) is 0.763. The molecule has 0 bridgehead atoms. The minimum Gasteiger partial charge on any atom is -0.465 e. The molecule has 138 valence electrons. The monoisotopic (exact) mass is 341 g/mol. The normalized spacial score (nSPS) is 31.2. The zero-order valence-corrected chi connectivity index (χ0v) is 15.2. The van der Waals surface area contributed by atoms with E-state index in [1.165, 1.54) is 17.7 Å². The smallest absolute Gasteiger partial charge is 0.408 e. The van der Waals surface area contributed by atoms with Crippen molar-refractivity contribution in [1.29, 1.82) is 0 Å². The van der Waals surface area contributed by atoms with Gasteiger partial charge in [-0.15, -0.1) is 0 Å². The second kappa shape index (κ2) is 6.79. The number of carbonyl (C=O) groups is 1. The molecule has 0 radical (unpaired) electrons. The van der Waals surface area contributed by atoms with Crippen LogP contribution in [0.3, 0.4) is 0 Å². The molecular weight excluding hydrogens is 309 g/mol. The second-order valence-electron chi connectivity index (χ2n) is 8.69. The van der Waals surface area contributed by atoms with E-state index in [-0.39, 0.29) is 0 Å². The zero-order chi connectivity index (χ0) is 17.5. The maximum atomic E-state index is 14.9. The van der Waals surface area contributed by atoms with Gasteiger partial charge in [0.05, 0.1) is 6.04 Å². The summed E-state index contributed by atoms with van der Waals surface area (Å²) in [6.45, 7) is 8.97. The Morgan fingerprint density at radius 1 is 1.00 bits per heavy atom. The summed E-state index contributed by atoms with van der Waals surface area (Å²) in [5, 5.41) is 9.52. The van der Waals surface area contributed by atoms with Crippen LogP contribution in [0.5, 0.6) is 0 Å². The van der Waals surface area contributed by atoms with Crippen molar-refractivity contribution >= 4 is 6.09 Å². The summed E-state index contributed by atoms with van der Waals surface area (Å²) in [4.78, 5) is 17.8. The van der Waals surface area contributed by atoms with Gasteiger partial charge in [-0.25, -0.2) is 9.18 Å². The van der Waals surface area contributed by atoms with Gasteiger partial charge in [0, 0.05) is 30.7 Å². The van der Waals surface area contributed by atoms with E-state index in [1.807, 2.05) is 20.8 Å². The molecule has 0 aromatic carbocycles. The van der Waals surface area contributed by atoms with Crippen molar-refractivity contribution in [2.75, 3.05) is 26.2 Å². The van der Waals surface area contributed by atoms with E-state index in [0.29, 0.717) is 19.0 Å². The van der Waals surface area contributed by atoms with Gasteiger partial charge in [-0.1, -0.05) is 0 Å². The highest BCUT2D eigenvalue weighted by Crippen LogP contribution is 2.32. The fraction of sp³-hybridized carbons (Fsp3) is 0.944. The summed E-state index contributed by atoms with van der Waals surface area (Å²) >= 11 is 0. The Morgan fingerprint density at radius 2 is 1.54 bits per heavy atom. The van der Waals surface area contributed by atoms with Crippen LogP contribution in [0.4, 0.5) is 9.18 Å². The van der Waals surface area contributed by atoms with Gasteiger partial charge in [-0.05, 0) is 66.0 Å². The Hall–Kier alpha value is -0.880. The molecule has 3 rings (SSSR count). The van der Waals surface area contributed by atoms with Gasteiger partial charge in [0.2, 0.25) is 0 Å². The van der Waals surface area contributed by atoms with Crippen LogP contribution in [0.25, 0.3) is 0 Å². The molecule has 0 aromatic heterocycles. The number of rotatable bonds is 3. The molecule has 2 unspecified atom stereocenters. The van der Waals surface area contributed by atoms with E-state index in [9.17, 15) is 14.3 Å². The molecule has 2 heterocycles. The lowest BCUT2D eigenvalue weighted by molar-refractivity contribution is -0.0196. The Labute approximate surface area is 144 Å². The van der Waals surface area contributed by atoms with Crippen molar-refractivity contribution in [2.24, 2.45) is 0 Å². The highest BCUT2D eigenvalue weighted by Gasteiger charge is 2.42. The van der Waals surface area contributed by atoms with Crippen LogP contribution in [0, 0.1) is 0 Å². The number of nitrogens with zero attached hydrogens (tertiary/aromatic N) is 3. The minimum absolute atomic E-state index is 0.374. The predicted octanol–water partition coefficient (Wildman–Crippen LogP) is 2.80. The van der Waals surface area contributed by atoms with Gasteiger partial charge < -0.3 is 10.0 Å². The average molecular weight is 341 g/mol. The first-order valence-electron chi connectivity index (χ1n) is 9.42. The lowest BCUT2D eigenvalue weighted by Gasteiger charge is -2.47. The number of piperidine rings is 2. The van der Waals surface area contributed by atoms with Crippen molar-refractivity contribution in [2.45, 2.75) is 82.7 Å². The Bertz CT molecular complexity index is 456. The third kappa shape index (κ3) is 3.85. The number of halogens is 1. The number of amides is 1. The summed E-state index contributed by atoms with van der Waals surface area (Å²) in [5.41, 5.74) is -0.571. The maximum absolute atomic E-state index is 14.9. The largest absolute Gasteiger partial charge is 0.465 e. The Morgan fingerprint density at radius 3 is 2.00 bits per heavy atom. The first kappa shape index (κ1) is 17.9. The van der Waals surface area contributed by atoms with E-state index in [2.05, 4.69) is 9.80 Å². The third-order valence-corrected chi connectivity index (χ3v) is 5.88. The van der Waals surface area contributed by atoms with Gasteiger partial charge in [0.15, 0.2) is 0 Å². The molecule has 3 fully saturated rings. The van der Waals surface area contributed by atoms with Gasteiger partial charge >= 0.3 is 6.09 Å². The van der Waals surface area contributed by atoms with Crippen molar-refractivity contribution in [3.8, 4) is 0 Å². The molecule has 2 saturated heterocycles. The average Bonchev–Trinajstić information content (AvgIpc) is 3.32. The van der Waals surface area contributed by atoms with Gasteiger partial charge in [0.1, 0.15) is 6.17 Å². The van der Waals surface area contributed by atoms with Crippen LogP contribution in [0.2, 0.25) is 0 Å². The lowest BCUT2D eigenvalue weighted by Crippen LogP contribution is -2.61. The zero-order valence-electron chi connectivity index (χ0n) is 15.2. The third-order valence-electron chi connectivity index (χ3n) is 5.88. The standard InChI is InChI=1S/C18H32FN3O2/c1-18(2,3)22(17(23)24)16-8-11-21(12-15(16)19)14-6-9-20(10-7-14)13-4-5-13/h13-16H,4-12H2,1-3H3,(H,23,24). The van der Waals surface area contributed by atoms with Gasteiger partial charge in [-0.3, -0.25) is 9.80 Å². The molecular formula is C18H32FN3O2. The van der Waals surface area contributed by atoms with E-state index in [0.717, 1.165) is 38.5 Å². The molecule has 5 nitrogen and oxygen atoms in total. The van der Waals surface area contributed by atoms with Crippen molar-refractivity contribution in [1.82, 2.24) is 14.7 Å². The molecule has 2 atom stereocenters. The molecule has 24 heavy (non-hydrogen) atoms. The first-order chi connectivity index (χ1) is 11.3. The van der Waals surface area contributed by atoms with Crippen LogP contribution in [-0.4, -0.2) is 81.9 Å². The van der Waals surface area contributed by atoms with Crippen LogP contribution >= 0.6 is 0 Å². The van der Waals surface area contributed by atoms with Crippen LogP contribution < -0.4 is 0 Å². The molecule has 6 heteroatoms. The highest BCUT2D eigenvalue weighted by atomic mass is 19.1. The minimum atomic E-state index is -1.10. The van der Waals surface area contributed by atoms with Crippen molar-refractivity contribution in [3.63, 3.8) is 0 Å². The molecule has 1 aliphatic carbocycles. The molecule has 2 aliphatic heterocycles. The highest BCUT2D eigenvalue weighted by molar-refractivity contribution is 5.66. The van der Waals surface area contributed by atoms with Gasteiger partial charge in [-0.2, -0.15) is 0 Å². The van der Waals surface area contributed by atoms with Crippen LogP contribution in [0.1, 0.15) is 52.9 Å². The fourth-order valence-electron chi connectivity index (χ4n) is 4.52. The predicted molar refractivity (Wildman–Crippen MR) is 92.1 cm³/mol. The second-order valence-corrected chi connectivity index (χ2v) is 8.69. The maximum Gasteiger partial charge on any atom is 0.408 e. The molecule has 0 aromatic rings. The van der Waals surface area contributed by atoms with E-state index in [4.69, 9.17) is 0 Å². The van der Waals surface area contributed by atoms with E-state index >= 15 is 0 Å². The molecule has 1 saturated carbocycles. The molecule has 1 amide bonds. The molecule has 1 N–H and O–H groups in total. The quantitative estimate of drug-likeness (QED) is 0.857. The first-order valence-corrected chi connectivity index (χ1v) is 9.42. The Balaban J connectivity index is 1.56. The number of hydrogen-bond acceptors (Lipinski definition) is 3. The summed E-state index contributed by atoms with van der Waals surface area (Å²) in [5.74, 6) is 0. The summed E-state index contributed by atoms with van der Waals surface area (Å²) < 4.78 is 14.9. The molecule has 3 aliphatic rings. The van der Waals surface area contributed by atoms with Crippen LogP contribution in [-0.2, 0) is 0 Å². The van der Waals surface area contributed by atoms with E-state index < -0.39 is 23.8 Å². The Kier molecular flexibility index (Phi) is 5.07. The fourth-order valence-corrected chi connectivity index (χ4v) is 4.52. The number of likely N-dealkylation sites (tertiary alicyclic amines) is 2. The summed E-state index contributed by atoms with van der Waals surface area (Å²) in [7, 11) is 0. The van der Waals surface area contributed by atoms with Crippen LogP contribution in [0.15, 0.2) is 0 Å². The number of hydrogen-bond donors (Lipinski definition) is 1. The number of carboxylic acid groups (broad SMARTS) is 1. The van der Waals surface area contributed by atoms with Crippen molar-refractivity contribution in [3.05, 3.63) is 0 Å². The van der Waals surface area contributed by atoms with Gasteiger partial charge in [0.25, 0.3) is 0 Å². The topological polar surface area (TPSA) is 47.0 Å². The van der Waals surface area contributed by atoms with Crippen molar-refractivity contribution < 1.29 is 14.3 Å². The lowest BCUT2D eigenvalue weighted by atomic mass is 9.93. The molecule has 0 spiro atoms. The summed E-state index contributed by atoms with van der Waals surface area (Å²) in [6.07, 6.45) is 3.41.